The number of carbonyl (C=O) groups excluding carboxylic acids is 1. The van der Waals surface area contributed by atoms with E-state index in [2.05, 4.69) is 9.88 Å². The van der Waals surface area contributed by atoms with Gasteiger partial charge in [-0.3, -0.25) is 19.1 Å². The molecule has 2 aliphatic heterocycles. The second-order valence-corrected chi connectivity index (χ2v) is 8.76. The first-order valence-electron chi connectivity index (χ1n) is 11.2. The van der Waals surface area contributed by atoms with Crippen molar-refractivity contribution in [3.05, 3.63) is 40.4 Å². The highest BCUT2D eigenvalue weighted by molar-refractivity contribution is 5.81. The Labute approximate surface area is 177 Å². The molecule has 1 amide bonds. The summed E-state index contributed by atoms with van der Waals surface area (Å²) in [5.74, 6) is 0.839. The van der Waals surface area contributed by atoms with Gasteiger partial charge in [0.15, 0.2) is 0 Å². The van der Waals surface area contributed by atoms with Gasteiger partial charge in [-0.2, -0.15) is 0 Å². The Morgan fingerprint density at radius 1 is 1.17 bits per heavy atom. The van der Waals surface area contributed by atoms with Crippen LogP contribution in [0, 0.1) is 0 Å². The van der Waals surface area contributed by atoms with Crippen LogP contribution in [-0.2, 0) is 17.8 Å². The molecule has 1 N–H and O–H groups in total. The van der Waals surface area contributed by atoms with Gasteiger partial charge in [-0.15, -0.1) is 0 Å². The molecule has 0 aliphatic carbocycles. The SMILES string of the molecule is CCc1nc2ccccc2c(=O)n1CC1(O)CCN(C(=O)C(C)N2CCCC2)CC1. The number of para-hydroxylation sites is 1. The number of hydrogen-bond donors (Lipinski definition) is 1. The monoisotopic (exact) mass is 412 g/mol. The highest BCUT2D eigenvalue weighted by Gasteiger charge is 2.37. The Hall–Kier alpha value is -2.25. The molecular weight excluding hydrogens is 380 g/mol. The van der Waals surface area contributed by atoms with Crippen LogP contribution in [0.2, 0.25) is 0 Å². The Morgan fingerprint density at radius 3 is 2.50 bits per heavy atom. The topological polar surface area (TPSA) is 78.7 Å². The van der Waals surface area contributed by atoms with E-state index in [0.29, 0.717) is 49.1 Å². The van der Waals surface area contributed by atoms with Crippen LogP contribution in [0.4, 0.5) is 0 Å². The van der Waals surface area contributed by atoms with Crippen LogP contribution in [-0.4, -0.2) is 68.2 Å². The summed E-state index contributed by atoms with van der Waals surface area (Å²) < 4.78 is 1.63. The molecule has 0 bridgehead atoms. The minimum absolute atomic E-state index is 0.0994. The van der Waals surface area contributed by atoms with Crippen LogP contribution in [0.25, 0.3) is 10.9 Å². The first-order chi connectivity index (χ1) is 14.4. The van der Waals surface area contributed by atoms with Crippen molar-refractivity contribution < 1.29 is 9.90 Å². The highest BCUT2D eigenvalue weighted by atomic mass is 16.3. The van der Waals surface area contributed by atoms with E-state index in [1.807, 2.05) is 36.9 Å². The fourth-order valence-electron chi connectivity index (χ4n) is 4.79. The van der Waals surface area contributed by atoms with Gasteiger partial charge in [0.25, 0.3) is 5.56 Å². The van der Waals surface area contributed by atoms with Gasteiger partial charge < -0.3 is 10.0 Å². The van der Waals surface area contributed by atoms with E-state index in [4.69, 9.17) is 0 Å². The number of carbonyl (C=O) groups is 1. The lowest BCUT2D eigenvalue weighted by Gasteiger charge is -2.40. The number of likely N-dealkylation sites (tertiary alicyclic amines) is 2. The third-order valence-corrected chi connectivity index (χ3v) is 6.76. The number of amides is 1. The zero-order valence-corrected chi connectivity index (χ0v) is 18.0. The largest absolute Gasteiger partial charge is 0.388 e. The minimum atomic E-state index is -1.01. The summed E-state index contributed by atoms with van der Waals surface area (Å²) in [6.07, 6.45) is 3.87. The van der Waals surface area contributed by atoms with Crippen LogP contribution in [0.1, 0.15) is 45.4 Å². The highest BCUT2D eigenvalue weighted by Crippen LogP contribution is 2.26. The molecule has 2 aromatic rings. The molecule has 4 rings (SSSR count). The number of aliphatic hydroxyl groups is 1. The quantitative estimate of drug-likeness (QED) is 0.810. The number of fused-ring (bicyclic) bond motifs is 1. The summed E-state index contributed by atoms with van der Waals surface area (Å²) in [7, 11) is 0. The van der Waals surface area contributed by atoms with Gasteiger partial charge in [-0.25, -0.2) is 4.98 Å². The Balaban J connectivity index is 1.48. The third-order valence-electron chi connectivity index (χ3n) is 6.76. The summed E-state index contributed by atoms with van der Waals surface area (Å²) in [5.41, 5.74) is -0.420. The van der Waals surface area contributed by atoms with E-state index >= 15 is 0 Å². The zero-order valence-electron chi connectivity index (χ0n) is 18.0. The van der Waals surface area contributed by atoms with Crippen LogP contribution in [0.5, 0.6) is 0 Å². The molecule has 0 spiro atoms. The normalized spacial score (nSPS) is 20.6. The number of nitrogens with zero attached hydrogens (tertiary/aromatic N) is 4. The predicted molar refractivity (Wildman–Crippen MR) is 116 cm³/mol. The van der Waals surface area contributed by atoms with Crippen LogP contribution >= 0.6 is 0 Å². The van der Waals surface area contributed by atoms with Gasteiger partial charge in [-0.1, -0.05) is 19.1 Å². The lowest BCUT2D eigenvalue weighted by molar-refractivity contribution is -0.140. The van der Waals surface area contributed by atoms with E-state index in [-0.39, 0.29) is 24.1 Å². The molecule has 30 heavy (non-hydrogen) atoms. The number of aromatic nitrogens is 2. The molecule has 3 heterocycles. The van der Waals surface area contributed by atoms with E-state index in [1.165, 1.54) is 0 Å². The molecular formula is C23H32N4O3. The van der Waals surface area contributed by atoms with Gasteiger partial charge in [0.2, 0.25) is 5.91 Å². The lowest BCUT2D eigenvalue weighted by Crippen LogP contribution is -2.53. The Kier molecular flexibility index (Phi) is 5.93. The molecule has 1 atom stereocenters. The zero-order chi connectivity index (χ0) is 21.3. The summed E-state index contributed by atoms with van der Waals surface area (Å²) in [4.78, 5) is 34.7. The smallest absolute Gasteiger partial charge is 0.261 e. The number of hydrogen-bond acceptors (Lipinski definition) is 5. The maximum atomic E-state index is 13.1. The van der Waals surface area contributed by atoms with Gasteiger partial charge >= 0.3 is 0 Å². The first-order valence-corrected chi connectivity index (χ1v) is 11.2. The first kappa shape index (κ1) is 21.0. The van der Waals surface area contributed by atoms with Crippen molar-refractivity contribution in [1.82, 2.24) is 19.4 Å². The van der Waals surface area contributed by atoms with Crippen LogP contribution in [0.15, 0.2) is 29.1 Å². The maximum Gasteiger partial charge on any atom is 0.261 e. The standard InChI is InChI=1S/C23H32N4O3/c1-3-20-24-19-9-5-4-8-18(19)22(29)27(20)16-23(30)10-14-26(15-11-23)21(28)17(2)25-12-6-7-13-25/h4-5,8-9,17,30H,3,6-7,10-16H2,1-2H3. The molecule has 0 saturated carbocycles. The van der Waals surface area contributed by atoms with E-state index in [9.17, 15) is 14.7 Å². The molecule has 2 aliphatic rings. The van der Waals surface area contributed by atoms with Crippen molar-refractivity contribution in [2.24, 2.45) is 0 Å². The fourth-order valence-corrected chi connectivity index (χ4v) is 4.79. The second-order valence-electron chi connectivity index (χ2n) is 8.76. The van der Waals surface area contributed by atoms with Crippen LogP contribution < -0.4 is 5.56 Å². The second kappa shape index (κ2) is 8.47. The number of aryl methyl sites for hydroxylation is 1. The summed E-state index contributed by atoms with van der Waals surface area (Å²) >= 11 is 0. The lowest BCUT2D eigenvalue weighted by atomic mass is 9.90. The molecule has 2 saturated heterocycles. The molecule has 0 radical (unpaired) electrons. The van der Waals surface area contributed by atoms with E-state index in [0.717, 1.165) is 25.9 Å². The molecule has 2 fully saturated rings. The van der Waals surface area contributed by atoms with Gasteiger partial charge in [-0.05, 0) is 57.8 Å². The average molecular weight is 413 g/mol. The van der Waals surface area contributed by atoms with Crippen molar-refractivity contribution in [3.8, 4) is 0 Å². The number of piperidine rings is 1. The van der Waals surface area contributed by atoms with Gasteiger partial charge in [0.05, 0.1) is 29.1 Å². The predicted octanol–water partition coefficient (Wildman–Crippen LogP) is 1.80. The van der Waals surface area contributed by atoms with Crippen molar-refractivity contribution >= 4 is 16.8 Å². The number of rotatable bonds is 5. The average Bonchev–Trinajstić information content (AvgIpc) is 3.30. The Bertz CT molecular complexity index is 972. The van der Waals surface area contributed by atoms with Crippen molar-refractivity contribution in [2.75, 3.05) is 26.2 Å². The van der Waals surface area contributed by atoms with Crippen molar-refractivity contribution in [1.29, 1.82) is 0 Å². The molecule has 1 aromatic heterocycles. The van der Waals surface area contributed by atoms with Gasteiger partial charge in [0, 0.05) is 19.5 Å². The summed E-state index contributed by atoms with van der Waals surface area (Å²) in [5, 5.41) is 11.8. The summed E-state index contributed by atoms with van der Waals surface area (Å²) in [6.45, 7) is 7.19. The molecule has 162 valence electrons. The molecule has 1 unspecified atom stereocenters. The molecule has 1 aromatic carbocycles. The van der Waals surface area contributed by atoms with E-state index < -0.39 is 5.60 Å². The van der Waals surface area contributed by atoms with Crippen molar-refractivity contribution in [2.45, 2.75) is 64.1 Å². The number of benzene rings is 1. The van der Waals surface area contributed by atoms with E-state index in [1.54, 1.807) is 10.6 Å². The maximum absolute atomic E-state index is 13.1. The van der Waals surface area contributed by atoms with Crippen molar-refractivity contribution in [3.63, 3.8) is 0 Å². The Morgan fingerprint density at radius 2 is 1.83 bits per heavy atom. The van der Waals surface area contributed by atoms with Crippen LogP contribution in [0.3, 0.4) is 0 Å². The fraction of sp³-hybridized carbons (Fsp3) is 0.609. The molecule has 7 heteroatoms. The summed E-state index contributed by atoms with van der Waals surface area (Å²) in [6, 6.07) is 7.24. The molecule has 7 nitrogen and oxygen atoms in total. The van der Waals surface area contributed by atoms with Gasteiger partial charge in [0.1, 0.15) is 5.82 Å². The minimum Gasteiger partial charge on any atom is -0.388 e. The third kappa shape index (κ3) is 4.01.